The second-order valence-electron chi connectivity index (χ2n) is 11.4. The highest BCUT2D eigenvalue weighted by atomic mass is 32.2. The number of anilines is 2. The van der Waals surface area contributed by atoms with Crippen molar-refractivity contribution in [3.05, 3.63) is 49.6 Å². The SMILES string of the molecule is C=CCCCOC(=O)[C@@H]1[C@H]2C(=O)N(CCCCCO)C(C(=O)N(CC=C)c3ccc(N(CC)CC)cc3)C23CC[C@H]1S3. The number of hydrogen-bond acceptors (Lipinski definition) is 7. The maximum atomic E-state index is 14.7. The maximum Gasteiger partial charge on any atom is 0.310 e. The summed E-state index contributed by atoms with van der Waals surface area (Å²) < 4.78 is 5.01. The molecule has 42 heavy (non-hydrogen) atoms. The first-order valence-corrected chi connectivity index (χ1v) is 16.4. The van der Waals surface area contributed by atoms with E-state index in [1.54, 1.807) is 33.7 Å². The number of aliphatic hydroxyl groups is 1. The Morgan fingerprint density at radius 2 is 1.81 bits per heavy atom. The van der Waals surface area contributed by atoms with Gasteiger partial charge in [0.25, 0.3) is 5.91 Å². The Labute approximate surface area is 255 Å². The molecule has 3 aliphatic heterocycles. The molecule has 3 aliphatic rings. The summed E-state index contributed by atoms with van der Waals surface area (Å²) in [5.74, 6) is -1.68. The van der Waals surface area contributed by atoms with Gasteiger partial charge in [-0.2, -0.15) is 0 Å². The summed E-state index contributed by atoms with van der Waals surface area (Å²) in [4.78, 5) is 48.0. The Balaban J connectivity index is 1.66. The lowest BCUT2D eigenvalue weighted by molar-refractivity contribution is -0.154. The van der Waals surface area contributed by atoms with Crippen LogP contribution in [0.4, 0.5) is 11.4 Å². The highest BCUT2D eigenvalue weighted by Crippen LogP contribution is 2.66. The number of unbranched alkanes of at least 4 members (excludes halogenated alkanes) is 3. The molecule has 0 aliphatic carbocycles. The molecular formula is C33H47N3O5S. The van der Waals surface area contributed by atoms with Crippen molar-refractivity contribution in [1.29, 1.82) is 0 Å². The summed E-state index contributed by atoms with van der Waals surface area (Å²) in [7, 11) is 0. The van der Waals surface area contributed by atoms with Crippen molar-refractivity contribution >= 4 is 40.9 Å². The standard InChI is InChI=1S/C33H47N3O5S/c1-5-9-13-23-41-32(40)27-26-18-19-33(42-26)28(27)30(38)36(21-11-10-12-22-37)29(33)31(39)35(20-6-2)25-16-14-24(15-17-25)34(7-3)8-4/h5-6,14-17,26-29,37H,1-2,7-13,18-23H2,3-4H3/t26-,27+,28+,29?,33?/m1/s1. The van der Waals surface area contributed by atoms with Crippen molar-refractivity contribution < 1.29 is 24.2 Å². The second-order valence-corrected chi connectivity index (χ2v) is 13.0. The molecule has 230 valence electrons. The zero-order valence-corrected chi connectivity index (χ0v) is 26.0. The lowest BCUT2D eigenvalue weighted by Gasteiger charge is -2.37. The number of aliphatic hydroxyl groups excluding tert-OH is 1. The van der Waals surface area contributed by atoms with Crippen LogP contribution in [0.1, 0.15) is 58.8 Å². The van der Waals surface area contributed by atoms with Crippen LogP contribution in [0.25, 0.3) is 0 Å². The quantitative estimate of drug-likeness (QED) is 0.157. The number of esters is 1. The van der Waals surface area contributed by atoms with Gasteiger partial charge in [-0.25, -0.2) is 0 Å². The third-order valence-corrected chi connectivity index (χ3v) is 11.0. The van der Waals surface area contributed by atoms with E-state index in [1.807, 2.05) is 24.3 Å². The van der Waals surface area contributed by atoms with Gasteiger partial charge in [0.2, 0.25) is 5.91 Å². The molecule has 0 aromatic heterocycles. The minimum absolute atomic E-state index is 0.0288. The molecule has 1 spiro atoms. The largest absolute Gasteiger partial charge is 0.465 e. The zero-order valence-electron chi connectivity index (χ0n) is 25.2. The highest BCUT2D eigenvalue weighted by Gasteiger charge is 2.74. The lowest BCUT2D eigenvalue weighted by Crippen LogP contribution is -2.55. The van der Waals surface area contributed by atoms with Crippen LogP contribution in [0, 0.1) is 11.8 Å². The highest BCUT2D eigenvalue weighted by molar-refractivity contribution is 8.02. The normalized spacial score (nSPS) is 25.8. The molecule has 4 rings (SSSR count). The Kier molecular flexibility index (Phi) is 11.2. The fourth-order valence-electron chi connectivity index (χ4n) is 7.04. The number of rotatable bonds is 17. The fraction of sp³-hybridized carbons (Fsp3) is 0.606. The van der Waals surface area contributed by atoms with Gasteiger partial charge >= 0.3 is 5.97 Å². The Hall–Kier alpha value is -2.78. The predicted molar refractivity (Wildman–Crippen MR) is 170 cm³/mol. The van der Waals surface area contributed by atoms with Gasteiger partial charge in [0.1, 0.15) is 6.04 Å². The van der Waals surface area contributed by atoms with Crippen molar-refractivity contribution in [2.24, 2.45) is 11.8 Å². The molecule has 2 amide bonds. The van der Waals surface area contributed by atoms with E-state index < -0.39 is 22.6 Å². The van der Waals surface area contributed by atoms with E-state index in [2.05, 4.69) is 31.9 Å². The number of ether oxygens (including phenoxy) is 1. The summed E-state index contributed by atoms with van der Waals surface area (Å²) in [5.41, 5.74) is 1.86. The van der Waals surface area contributed by atoms with Gasteiger partial charge in [-0.3, -0.25) is 14.4 Å². The van der Waals surface area contributed by atoms with Gasteiger partial charge in [-0.1, -0.05) is 12.2 Å². The number of nitrogens with zero attached hydrogens (tertiary/aromatic N) is 3. The number of allylic oxidation sites excluding steroid dienone is 1. The monoisotopic (exact) mass is 597 g/mol. The Morgan fingerprint density at radius 1 is 1.10 bits per heavy atom. The van der Waals surface area contributed by atoms with Crippen molar-refractivity contribution in [3.8, 4) is 0 Å². The molecule has 3 fully saturated rings. The Bertz CT molecular complexity index is 1120. The van der Waals surface area contributed by atoms with E-state index in [0.29, 0.717) is 45.4 Å². The molecular weight excluding hydrogens is 550 g/mol. The molecule has 5 atom stereocenters. The summed E-state index contributed by atoms with van der Waals surface area (Å²) in [6.07, 6.45) is 8.56. The minimum atomic E-state index is -0.680. The smallest absolute Gasteiger partial charge is 0.310 e. The molecule has 9 heteroatoms. The van der Waals surface area contributed by atoms with Crippen LogP contribution < -0.4 is 9.80 Å². The lowest BCUT2D eigenvalue weighted by atomic mass is 9.71. The van der Waals surface area contributed by atoms with E-state index in [-0.39, 0.29) is 29.6 Å². The third kappa shape index (κ3) is 6.13. The van der Waals surface area contributed by atoms with Gasteiger partial charge in [0.05, 0.1) is 23.2 Å². The first-order valence-electron chi connectivity index (χ1n) is 15.5. The molecule has 1 N–H and O–H groups in total. The van der Waals surface area contributed by atoms with Gasteiger partial charge in [-0.15, -0.1) is 24.9 Å². The van der Waals surface area contributed by atoms with Crippen molar-refractivity contribution in [3.63, 3.8) is 0 Å². The Morgan fingerprint density at radius 3 is 2.45 bits per heavy atom. The summed E-state index contributed by atoms with van der Waals surface area (Å²) in [6, 6.07) is 7.33. The second kappa shape index (κ2) is 14.6. The van der Waals surface area contributed by atoms with Gasteiger partial charge in [0.15, 0.2) is 0 Å². The first kappa shape index (κ1) is 32.1. The van der Waals surface area contributed by atoms with E-state index >= 15 is 0 Å². The molecule has 2 bridgehead atoms. The summed E-state index contributed by atoms with van der Waals surface area (Å²) >= 11 is 1.66. The van der Waals surface area contributed by atoms with Crippen LogP contribution >= 0.6 is 11.8 Å². The van der Waals surface area contributed by atoms with Gasteiger partial charge in [0, 0.05) is 49.4 Å². The van der Waals surface area contributed by atoms with E-state index in [1.165, 1.54) is 0 Å². The fourth-order valence-corrected chi connectivity index (χ4v) is 9.24. The number of fused-ring (bicyclic) bond motifs is 1. The molecule has 3 saturated heterocycles. The van der Waals surface area contributed by atoms with Gasteiger partial charge in [-0.05, 0) is 83.1 Å². The first-order chi connectivity index (χ1) is 20.4. The van der Waals surface area contributed by atoms with Crippen LogP contribution in [0.3, 0.4) is 0 Å². The molecule has 3 heterocycles. The summed E-state index contributed by atoms with van der Waals surface area (Å²) in [5, 5.41) is 9.27. The molecule has 0 saturated carbocycles. The number of carbonyl (C=O) groups excluding carboxylic acids is 3. The van der Waals surface area contributed by atoms with Crippen molar-refractivity contribution in [2.75, 3.05) is 49.2 Å². The molecule has 1 aromatic carbocycles. The average Bonchev–Trinajstić information content (AvgIpc) is 3.64. The third-order valence-electron chi connectivity index (χ3n) is 9.03. The van der Waals surface area contributed by atoms with Crippen LogP contribution in [0.5, 0.6) is 0 Å². The predicted octanol–water partition coefficient (Wildman–Crippen LogP) is 4.82. The van der Waals surface area contributed by atoms with Gasteiger partial charge < -0.3 is 24.5 Å². The molecule has 0 radical (unpaired) electrons. The van der Waals surface area contributed by atoms with Crippen LogP contribution in [-0.4, -0.2) is 83.2 Å². The van der Waals surface area contributed by atoms with Crippen LogP contribution in [-0.2, 0) is 19.1 Å². The average molecular weight is 598 g/mol. The maximum absolute atomic E-state index is 14.7. The number of thioether (sulfide) groups is 1. The van der Waals surface area contributed by atoms with Crippen molar-refractivity contribution in [1.82, 2.24) is 4.90 Å². The molecule has 1 aromatic rings. The van der Waals surface area contributed by atoms with Crippen molar-refractivity contribution in [2.45, 2.75) is 74.8 Å². The molecule has 8 nitrogen and oxygen atoms in total. The van der Waals surface area contributed by atoms with E-state index in [0.717, 1.165) is 43.7 Å². The van der Waals surface area contributed by atoms with E-state index in [9.17, 15) is 19.5 Å². The number of amides is 2. The molecule has 2 unspecified atom stereocenters. The zero-order chi connectivity index (χ0) is 30.3. The minimum Gasteiger partial charge on any atom is -0.465 e. The topological polar surface area (TPSA) is 90.4 Å². The number of benzene rings is 1. The number of hydrogen-bond donors (Lipinski definition) is 1. The van der Waals surface area contributed by atoms with Crippen LogP contribution in [0.2, 0.25) is 0 Å². The van der Waals surface area contributed by atoms with Crippen LogP contribution in [0.15, 0.2) is 49.6 Å². The number of carbonyl (C=O) groups is 3. The number of likely N-dealkylation sites (tertiary alicyclic amines) is 1. The van der Waals surface area contributed by atoms with E-state index in [4.69, 9.17) is 4.74 Å². The summed E-state index contributed by atoms with van der Waals surface area (Å²) in [6.45, 7) is 14.8.